The van der Waals surface area contributed by atoms with E-state index in [0.29, 0.717) is 5.75 Å². The van der Waals surface area contributed by atoms with Crippen LogP contribution in [0.25, 0.3) is 10.8 Å². The molecule has 0 aliphatic carbocycles. The highest BCUT2D eigenvalue weighted by atomic mass is 16.5. The predicted molar refractivity (Wildman–Crippen MR) is 96.2 cm³/mol. The fourth-order valence-corrected chi connectivity index (χ4v) is 2.45. The summed E-state index contributed by atoms with van der Waals surface area (Å²) < 4.78 is 5.39. The second-order valence-electron chi connectivity index (χ2n) is 5.36. The Morgan fingerprint density at radius 1 is 0.958 bits per heavy atom. The molecule has 1 N–H and O–H groups in total. The largest absolute Gasteiger partial charge is 0.484 e. The second kappa shape index (κ2) is 7.42. The summed E-state index contributed by atoms with van der Waals surface area (Å²) in [4.78, 5) is 11.9. The molecule has 0 unspecified atom stereocenters. The molecule has 0 saturated heterocycles. The van der Waals surface area contributed by atoms with Gasteiger partial charge >= 0.3 is 0 Å². The summed E-state index contributed by atoms with van der Waals surface area (Å²) in [6.07, 6.45) is 0. The molecule has 0 aliphatic heterocycles. The van der Waals surface area contributed by atoms with Crippen LogP contribution in [0.2, 0.25) is 0 Å². The van der Waals surface area contributed by atoms with Crippen LogP contribution in [0, 0.1) is 0 Å². The SMILES string of the molecule is C/C(=N/NC(=O)COc1ccccc1)c1cccc2ccccc12. The highest BCUT2D eigenvalue weighted by Gasteiger charge is 2.05. The third-order valence-electron chi connectivity index (χ3n) is 3.64. The number of para-hydroxylation sites is 1. The molecule has 1 amide bonds. The van der Waals surface area contributed by atoms with Crippen molar-refractivity contribution in [1.29, 1.82) is 0 Å². The Balaban J connectivity index is 1.66. The smallest absolute Gasteiger partial charge is 0.277 e. The van der Waals surface area contributed by atoms with Crippen LogP contribution in [-0.4, -0.2) is 18.2 Å². The monoisotopic (exact) mass is 318 g/mol. The van der Waals surface area contributed by atoms with Crippen LogP contribution in [0.4, 0.5) is 0 Å². The minimum Gasteiger partial charge on any atom is -0.484 e. The summed E-state index contributed by atoms with van der Waals surface area (Å²) >= 11 is 0. The fraction of sp³-hybridized carbons (Fsp3) is 0.100. The van der Waals surface area contributed by atoms with Gasteiger partial charge in [0.05, 0.1) is 5.71 Å². The lowest BCUT2D eigenvalue weighted by Gasteiger charge is -2.07. The number of ether oxygens (including phenoxy) is 1. The van der Waals surface area contributed by atoms with Crippen molar-refractivity contribution >= 4 is 22.4 Å². The molecule has 0 bridgehead atoms. The Labute approximate surface area is 140 Å². The van der Waals surface area contributed by atoms with Gasteiger partial charge in [-0.15, -0.1) is 0 Å². The van der Waals surface area contributed by atoms with Gasteiger partial charge < -0.3 is 4.74 Å². The van der Waals surface area contributed by atoms with Gasteiger partial charge in [0, 0.05) is 5.56 Å². The van der Waals surface area contributed by atoms with E-state index >= 15 is 0 Å². The van der Waals surface area contributed by atoms with E-state index in [-0.39, 0.29) is 12.5 Å². The summed E-state index contributed by atoms with van der Waals surface area (Å²) in [5, 5.41) is 6.44. The van der Waals surface area contributed by atoms with E-state index in [4.69, 9.17) is 4.74 Å². The highest BCUT2D eigenvalue weighted by Crippen LogP contribution is 2.19. The molecule has 0 radical (unpaired) electrons. The van der Waals surface area contributed by atoms with Gasteiger partial charge in [0.25, 0.3) is 5.91 Å². The normalized spacial score (nSPS) is 11.3. The molecule has 120 valence electrons. The lowest BCUT2D eigenvalue weighted by molar-refractivity contribution is -0.123. The number of hydrazone groups is 1. The van der Waals surface area contributed by atoms with Gasteiger partial charge in [0.15, 0.2) is 6.61 Å². The zero-order valence-electron chi connectivity index (χ0n) is 13.4. The van der Waals surface area contributed by atoms with Gasteiger partial charge in [0.2, 0.25) is 0 Å². The van der Waals surface area contributed by atoms with Crippen LogP contribution < -0.4 is 10.2 Å². The average Bonchev–Trinajstić information content (AvgIpc) is 2.64. The molecule has 3 rings (SSSR count). The fourth-order valence-electron chi connectivity index (χ4n) is 2.45. The van der Waals surface area contributed by atoms with Crippen molar-refractivity contribution in [2.24, 2.45) is 5.10 Å². The van der Waals surface area contributed by atoms with E-state index in [9.17, 15) is 4.79 Å². The molecule has 4 heteroatoms. The predicted octanol–water partition coefficient (Wildman–Crippen LogP) is 3.76. The Kier molecular flexibility index (Phi) is 4.87. The van der Waals surface area contributed by atoms with Crippen LogP contribution in [0.15, 0.2) is 77.9 Å². The molecule has 0 saturated carbocycles. The van der Waals surface area contributed by atoms with Crippen molar-refractivity contribution in [3.05, 3.63) is 78.4 Å². The van der Waals surface area contributed by atoms with Crippen LogP contribution in [0.3, 0.4) is 0 Å². The molecule has 0 atom stereocenters. The first-order valence-electron chi connectivity index (χ1n) is 7.73. The van der Waals surface area contributed by atoms with Crippen molar-refractivity contribution in [1.82, 2.24) is 5.43 Å². The van der Waals surface area contributed by atoms with Crippen LogP contribution in [0.5, 0.6) is 5.75 Å². The number of amides is 1. The Hall–Kier alpha value is -3.14. The van der Waals surface area contributed by atoms with Crippen LogP contribution >= 0.6 is 0 Å². The van der Waals surface area contributed by atoms with Gasteiger partial charge in [-0.3, -0.25) is 4.79 Å². The number of hydrogen-bond donors (Lipinski definition) is 1. The number of carbonyl (C=O) groups is 1. The number of carbonyl (C=O) groups excluding carboxylic acids is 1. The highest BCUT2D eigenvalue weighted by molar-refractivity contribution is 6.09. The number of benzene rings is 3. The first-order chi connectivity index (χ1) is 11.7. The number of rotatable bonds is 5. The first-order valence-corrected chi connectivity index (χ1v) is 7.73. The summed E-state index contributed by atoms with van der Waals surface area (Å²) in [7, 11) is 0. The molecule has 0 fully saturated rings. The molecule has 24 heavy (non-hydrogen) atoms. The third-order valence-corrected chi connectivity index (χ3v) is 3.64. The molecular weight excluding hydrogens is 300 g/mol. The number of nitrogens with zero attached hydrogens (tertiary/aromatic N) is 1. The molecule has 3 aromatic carbocycles. The van der Waals surface area contributed by atoms with E-state index in [1.165, 1.54) is 0 Å². The van der Waals surface area contributed by atoms with Gasteiger partial charge in [0.1, 0.15) is 5.75 Å². The topological polar surface area (TPSA) is 50.7 Å². The Morgan fingerprint density at radius 2 is 1.67 bits per heavy atom. The minimum absolute atomic E-state index is 0.0731. The van der Waals surface area contributed by atoms with E-state index in [1.54, 1.807) is 12.1 Å². The van der Waals surface area contributed by atoms with E-state index in [2.05, 4.69) is 22.7 Å². The number of hydrogen-bond acceptors (Lipinski definition) is 3. The zero-order valence-corrected chi connectivity index (χ0v) is 13.4. The molecule has 0 heterocycles. The van der Waals surface area contributed by atoms with Crippen molar-refractivity contribution in [3.63, 3.8) is 0 Å². The molecule has 0 spiro atoms. The summed E-state index contributed by atoms with van der Waals surface area (Å²) in [6.45, 7) is 1.80. The van der Waals surface area contributed by atoms with Crippen LogP contribution in [-0.2, 0) is 4.79 Å². The average molecular weight is 318 g/mol. The summed E-state index contributed by atoms with van der Waals surface area (Å²) in [5.74, 6) is 0.362. The lowest BCUT2D eigenvalue weighted by atomic mass is 10.0. The van der Waals surface area contributed by atoms with Crippen molar-refractivity contribution in [2.75, 3.05) is 6.61 Å². The third kappa shape index (κ3) is 3.79. The maximum Gasteiger partial charge on any atom is 0.277 e. The zero-order chi connectivity index (χ0) is 16.8. The second-order valence-corrected chi connectivity index (χ2v) is 5.36. The van der Waals surface area contributed by atoms with Crippen molar-refractivity contribution < 1.29 is 9.53 Å². The first kappa shape index (κ1) is 15.7. The molecule has 0 aliphatic rings. The van der Waals surface area contributed by atoms with E-state index in [0.717, 1.165) is 22.0 Å². The molecule has 4 nitrogen and oxygen atoms in total. The van der Waals surface area contributed by atoms with Gasteiger partial charge in [-0.25, -0.2) is 5.43 Å². The van der Waals surface area contributed by atoms with E-state index < -0.39 is 0 Å². The molecule has 0 aromatic heterocycles. The molecule has 3 aromatic rings. The lowest BCUT2D eigenvalue weighted by Crippen LogP contribution is -2.25. The molecular formula is C20H18N2O2. The minimum atomic E-state index is -0.293. The number of nitrogens with one attached hydrogen (secondary N) is 1. The number of fused-ring (bicyclic) bond motifs is 1. The van der Waals surface area contributed by atoms with Gasteiger partial charge in [-0.05, 0) is 29.8 Å². The quantitative estimate of drug-likeness (QED) is 0.575. The maximum absolute atomic E-state index is 11.9. The van der Waals surface area contributed by atoms with Crippen molar-refractivity contribution in [2.45, 2.75) is 6.92 Å². The Bertz CT molecular complexity index is 868. The summed E-state index contributed by atoms with van der Waals surface area (Å²) in [6, 6.07) is 23.3. The van der Waals surface area contributed by atoms with E-state index in [1.807, 2.05) is 55.5 Å². The van der Waals surface area contributed by atoms with Gasteiger partial charge in [-0.1, -0.05) is 60.7 Å². The standard InChI is InChI=1S/C20H18N2O2/c1-15(18-13-7-9-16-8-5-6-12-19(16)18)21-22-20(23)14-24-17-10-3-2-4-11-17/h2-13H,14H2,1H3,(H,22,23)/b21-15-. The van der Waals surface area contributed by atoms with Crippen LogP contribution in [0.1, 0.15) is 12.5 Å². The van der Waals surface area contributed by atoms with Crippen molar-refractivity contribution in [3.8, 4) is 5.75 Å². The van der Waals surface area contributed by atoms with Gasteiger partial charge in [-0.2, -0.15) is 5.10 Å². The summed E-state index contributed by atoms with van der Waals surface area (Å²) in [5.41, 5.74) is 4.29. The Morgan fingerprint density at radius 3 is 2.50 bits per heavy atom. The maximum atomic E-state index is 11.9.